The zero-order chi connectivity index (χ0) is 19.9. The van der Waals surface area contributed by atoms with Gasteiger partial charge in [-0.2, -0.15) is 0 Å². The van der Waals surface area contributed by atoms with Crippen molar-refractivity contribution in [1.82, 2.24) is 0 Å². The second kappa shape index (κ2) is 7.19. The van der Waals surface area contributed by atoms with E-state index >= 15 is 0 Å². The number of hydrogen-bond donors (Lipinski definition) is 1. The normalized spacial score (nSPS) is 29.0. The molecule has 28 heavy (non-hydrogen) atoms. The molecule has 4 nitrogen and oxygen atoms in total. The molecule has 1 saturated carbocycles. The molecule has 2 aromatic rings. The van der Waals surface area contributed by atoms with E-state index in [1.807, 2.05) is 36.4 Å². The number of aliphatic hydroxyl groups excluding tert-OH is 1. The van der Waals surface area contributed by atoms with Crippen LogP contribution in [0.1, 0.15) is 29.9 Å². The maximum atomic E-state index is 13.8. The van der Waals surface area contributed by atoms with E-state index in [2.05, 4.69) is 6.58 Å². The van der Waals surface area contributed by atoms with Gasteiger partial charge in [-0.1, -0.05) is 48.0 Å². The molecule has 4 atom stereocenters. The molecule has 0 radical (unpaired) electrons. The van der Waals surface area contributed by atoms with Gasteiger partial charge < -0.3 is 14.8 Å². The molecule has 1 aliphatic heterocycles. The summed E-state index contributed by atoms with van der Waals surface area (Å²) in [6.45, 7) is 4.13. The zero-order valence-electron chi connectivity index (χ0n) is 15.4. The Hall–Kier alpha value is -2.43. The van der Waals surface area contributed by atoms with E-state index in [4.69, 9.17) is 11.6 Å². The first kappa shape index (κ1) is 18.9. The first-order valence-corrected chi connectivity index (χ1v) is 9.84. The summed E-state index contributed by atoms with van der Waals surface area (Å²) < 4.78 is 0. The summed E-state index contributed by atoms with van der Waals surface area (Å²) in [5.41, 5.74) is 1.19. The van der Waals surface area contributed by atoms with E-state index in [1.54, 1.807) is 23.1 Å². The fourth-order valence-electron chi connectivity index (χ4n) is 5.06. The average Bonchev–Trinajstić information content (AvgIpc) is 2.95. The van der Waals surface area contributed by atoms with Crippen LogP contribution in [0, 0.1) is 5.92 Å². The Morgan fingerprint density at radius 1 is 1.18 bits per heavy atom. The van der Waals surface area contributed by atoms with Crippen molar-refractivity contribution in [2.24, 2.45) is 5.92 Å². The van der Waals surface area contributed by atoms with Crippen LogP contribution in [0.5, 0.6) is 0 Å². The number of benzene rings is 2. The van der Waals surface area contributed by atoms with E-state index in [0.29, 0.717) is 24.4 Å². The summed E-state index contributed by atoms with van der Waals surface area (Å²) in [5, 5.41) is 11.8. The highest BCUT2D eigenvalue weighted by atomic mass is 35.5. The predicted molar refractivity (Wildman–Crippen MR) is 110 cm³/mol. The number of para-hydroxylation sites is 1. The smallest absolute Gasteiger partial charge is 0.241 e. The van der Waals surface area contributed by atoms with Crippen LogP contribution in [0.3, 0.4) is 0 Å². The van der Waals surface area contributed by atoms with Gasteiger partial charge in [0, 0.05) is 29.1 Å². The summed E-state index contributed by atoms with van der Waals surface area (Å²) in [6.07, 6.45) is 2.66. The van der Waals surface area contributed by atoms with Gasteiger partial charge in [0.1, 0.15) is 11.7 Å². The number of halogens is 1. The molecule has 2 aromatic carbocycles. The molecule has 1 fully saturated rings. The first-order valence-electron chi connectivity index (χ1n) is 9.46. The third-order valence-corrected chi connectivity index (χ3v) is 6.42. The van der Waals surface area contributed by atoms with Crippen molar-refractivity contribution in [2.45, 2.75) is 30.3 Å². The zero-order valence-corrected chi connectivity index (χ0v) is 16.2. The highest BCUT2D eigenvalue weighted by molar-refractivity contribution is 6.30. The largest absolute Gasteiger partial charge is 0.392 e. The molecule has 0 aromatic heterocycles. The predicted octanol–water partition coefficient (Wildman–Crippen LogP) is 3.86. The molecule has 1 N–H and O–H groups in total. The molecule has 4 rings (SSSR count). The highest BCUT2D eigenvalue weighted by Gasteiger charge is 2.63. The molecule has 1 aliphatic carbocycles. The number of rotatable bonds is 4. The van der Waals surface area contributed by atoms with Crippen LogP contribution in [0.25, 0.3) is 0 Å². The molecular formula is C23H22ClNO3. The Balaban J connectivity index is 1.99. The van der Waals surface area contributed by atoms with Crippen molar-refractivity contribution in [3.8, 4) is 0 Å². The van der Waals surface area contributed by atoms with Crippen LogP contribution in [-0.4, -0.2) is 29.9 Å². The van der Waals surface area contributed by atoms with E-state index in [0.717, 1.165) is 23.1 Å². The number of nitrogens with zero attached hydrogens (tertiary/aromatic N) is 1. The van der Waals surface area contributed by atoms with Crippen molar-refractivity contribution in [1.29, 1.82) is 0 Å². The number of carbonyl (C=O) groups is 2. The lowest BCUT2D eigenvalue weighted by Gasteiger charge is -2.47. The standard InChI is InChI=1S/C23H22ClNO3/c1-2-13-25-19-6-4-3-5-18(19)23(22(25)28)20(27)12-9-16(14-26)21(23)15-7-10-17(24)11-8-15/h2-8,10-11,14,16,20-21,27H,1,9,12-13H2/t16-,20+,21+,23-/m1/s1. The van der Waals surface area contributed by atoms with Crippen molar-refractivity contribution in [2.75, 3.05) is 11.4 Å². The van der Waals surface area contributed by atoms with Crippen molar-refractivity contribution < 1.29 is 14.7 Å². The molecule has 0 saturated heterocycles. The van der Waals surface area contributed by atoms with Crippen LogP contribution in [0.15, 0.2) is 61.2 Å². The maximum absolute atomic E-state index is 13.8. The van der Waals surface area contributed by atoms with Crippen molar-refractivity contribution >= 4 is 29.5 Å². The Kier molecular flexibility index (Phi) is 4.86. The van der Waals surface area contributed by atoms with Gasteiger partial charge in [-0.05, 0) is 42.2 Å². The number of carbonyl (C=O) groups excluding carboxylic acids is 2. The van der Waals surface area contributed by atoms with E-state index in [9.17, 15) is 14.7 Å². The van der Waals surface area contributed by atoms with Gasteiger partial charge in [-0.3, -0.25) is 4.79 Å². The number of fused-ring (bicyclic) bond motifs is 2. The minimum atomic E-state index is -1.20. The summed E-state index contributed by atoms with van der Waals surface area (Å²) in [7, 11) is 0. The van der Waals surface area contributed by atoms with Gasteiger partial charge in [-0.25, -0.2) is 0 Å². The third kappa shape index (κ3) is 2.55. The molecule has 144 valence electrons. The number of amides is 1. The molecule has 0 unspecified atom stereocenters. The second-order valence-corrected chi connectivity index (χ2v) is 7.95. The third-order valence-electron chi connectivity index (χ3n) is 6.17. The van der Waals surface area contributed by atoms with Crippen LogP contribution in [-0.2, 0) is 15.0 Å². The molecule has 0 bridgehead atoms. The lowest BCUT2D eigenvalue weighted by Crippen LogP contribution is -2.57. The van der Waals surface area contributed by atoms with Crippen LogP contribution < -0.4 is 4.90 Å². The Labute approximate surface area is 169 Å². The van der Waals surface area contributed by atoms with E-state index < -0.39 is 17.4 Å². The van der Waals surface area contributed by atoms with Gasteiger partial charge >= 0.3 is 0 Å². The Morgan fingerprint density at radius 2 is 1.89 bits per heavy atom. The Morgan fingerprint density at radius 3 is 2.57 bits per heavy atom. The minimum absolute atomic E-state index is 0.174. The SMILES string of the molecule is C=CCN1C(=O)[C@]2(c3ccccc31)[C@@H](O)CC[C@H](C=O)[C@@H]2c1ccc(Cl)cc1. The lowest BCUT2D eigenvalue weighted by molar-refractivity contribution is -0.133. The summed E-state index contributed by atoms with van der Waals surface area (Å²) in [5.74, 6) is -1.01. The number of aldehydes is 1. The van der Waals surface area contributed by atoms with Gasteiger partial charge in [0.05, 0.1) is 6.10 Å². The minimum Gasteiger partial charge on any atom is -0.392 e. The number of anilines is 1. The fourth-order valence-corrected chi connectivity index (χ4v) is 5.18. The Bertz CT molecular complexity index is 926. The monoisotopic (exact) mass is 395 g/mol. The molecule has 5 heteroatoms. The van der Waals surface area contributed by atoms with Crippen LogP contribution >= 0.6 is 11.6 Å². The number of aliphatic hydroxyl groups is 1. The van der Waals surface area contributed by atoms with E-state index in [1.165, 1.54) is 0 Å². The molecule has 1 amide bonds. The maximum Gasteiger partial charge on any atom is 0.241 e. The lowest BCUT2D eigenvalue weighted by atomic mass is 9.56. The van der Waals surface area contributed by atoms with Gasteiger partial charge in [0.25, 0.3) is 0 Å². The summed E-state index contributed by atoms with van der Waals surface area (Å²) >= 11 is 6.07. The molecular weight excluding hydrogens is 374 g/mol. The molecule has 1 heterocycles. The summed E-state index contributed by atoms with van der Waals surface area (Å²) in [4.78, 5) is 27.5. The van der Waals surface area contributed by atoms with Gasteiger partial charge in [0.15, 0.2) is 0 Å². The fraction of sp³-hybridized carbons (Fsp3) is 0.304. The van der Waals surface area contributed by atoms with Crippen LogP contribution in [0.2, 0.25) is 5.02 Å². The number of hydrogen-bond acceptors (Lipinski definition) is 3. The van der Waals surface area contributed by atoms with Crippen molar-refractivity contribution in [3.05, 3.63) is 77.3 Å². The summed E-state index contributed by atoms with van der Waals surface area (Å²) in [6, 6.07) is 14.8. The van der Waals surface area contributed by atoms with Crippen LogP contribution in [0.4, 0.5) is 5.69 Å². The topological polar surface area (TPSA) is 57.6 Å². The van der Waals surface area contributed by atoms with Crippen molar-refractivity contribution in [3.63, 3.8) is 0 Å². The molecule has 1 spiro atoms. The average molecular weight is 396 g/mol. The first-order chi connectivity index (χ1) is 13.6. The molecule has 2 aliphatic rings. The quantitative estimate of drug-likeness (QED) is 0.631. The van der Waals surface area contributed by atoms with Gasteiger partial charge in [-0.15, -0.1) is 6.58 Å². The van der Waals surface area contributed by atoms with Gasteiger partial charge in [0.2, 0.25) is 5.91 Å². The van der Waals surface area contributed by atoms with E-state index in [-0.39, 0.29) is 11.8 Å². The second-order valence-electron chi connectivity index (χ2n) is 7.51. The highest BCUT2D eigenvalue weighted by Crippen LogP contribution is 2.58.